The van der Waals surface area contributed by atoms with Gasteiger partial charge in [-0.25, -0.2) is 4.98 Å². The van der Waals surface area contributed by atoms with Gasteiger partial charge in [0, 0.05) is 18.8 Å². The molecule has 0 unspecified atom stereocenters. The number of benzene rings is 1. The second kappa shape index (κ2) is 7.50. The fourth-order valence-electron chi connectivity index (χ4n) is 1.76. The molecule has 4 nitrogen and oxygen atoms in total. The quantitative estimate of drug-likeness (QED) is 0.839. The molecule has 0 radical (unpaired) electrons. The number of rotatable bonds is 7. The molecule has 4 heteroatoms. The third-order valence-corrected chi connectivity index (χ3v) is 2.70. The maximum atomic E-state index is 5.73. The number of hydrogen-bond acceptors (Lipinski definition) is 4. The maximum absolute atomic E-state index is 5.73. The van der Waals surface area contributed by atoms with E-state index in [9.17, 15) is 0 Å². The molecule has 106 valence electrons. The second-order valence-electron chi connectivity index (χ2n) is 4.45. The minimum absolute atomic E-state index is 0.597. The van der Waals surface area contributed by atoms with E-state index >= 15 is 0 Å². The SMILES string of the molecule is CCCOc1ccc(Oc2cc(CNC)ccn2)cc1. The van der Waals surface area contributed by atoms with Gasteiger partial charge in [0.2, 0.25) is 5.88 Å². The molecule has 0 bridgehead atoms. The maximum Gasteiger partial charge on any atom is 0.219 e. The van der Waals surface area contributed by atoms with Crippen molar-refractivity contribution in [3.63, 3.8) is 0 Å². The molecule has 0 saturated heterocycles. The number of nitrogens with zero attached hydrogens (tertiary/aromatic N) is 1. The first-order valence-corrected chi connectivity index (χ1v) is 6.82. The van der Waals surface area contributed by atoms with Gasteiger partial charge in [-0.3, -0.25) is 0 Å². The zero-order valence-electron chi connectivity index (χ0n) is 11.9. The average molecular weight is 272 g/mol. The van der Waals surface area contributed by atoms with Crippen molar-refractivity contribution in [2.45, 2.75) is 19.9 Å². The fraction of sp³-hybridized carbons (Fsp3) is 0.312. The standard InChI is InChI=1S/C16H20N2O2/c1-3-10-19-14-4-6-15(7-5-14)20-16-11-13(12-17-2)8-9-18-16/h4-9,11,17H,3,10,12H2,1-2H3. The number of nitrogens with one attached hydrogen (secondary N) is 1. The van der Waals surface area contributed by atoms with Gasteiger partial charge in [-0.2, -0.15) is 0 Å². The Morgan fingerprint density at radius 1 is 1.10 bits per heavy atom. The third kappa shape index (κ3) is 4.24. The average Bonchev–Trinajstić information content (AvgIpc) is 2.47. The molecule has 0 aliphatic rings. The highest BCUT2D eigenvalue weighted by atomic mass is 16.5. The summed E-state index contributed by atoms with van der Waals surface area (Å²) < 4.78 is 11.3. The van der Waals surface area contributed by atoms with Crippen molar-refractivity contribution in [2.24, 2.45) is 0 Å². The minimum Gasteiger partial charge on any atom is -0.494 e. The lowest BCUT2D eigenvalue weighted by molar-refractivity contribution is 0.317. The molecular weight excluding hydrogens is 252 g/mol. The number of aromatic nitrogens is 1. The molecule has 1 aromatic carbocycles. The first-order chi connectivity index (χ1) is 9.81. The van der Waals surface area contributed by atoms with E-state index in [4.69, 9.17) is 9.47 Å². The molecule has 1 heterocycles. The third-order valence-electron chi connectivity index (χ3n) is 2.70. The molecule has 0 atom stereocenters. The molecular formula is C16H20N2O2. The van der Waals surface area contributed by atoms with E-state index in [0.29, 0.717) is 5.88 Å². The van der Waals surface area contributed by atoms with Crippen molar-refractivity contribution >= 4 is 0 Å². The molecule has 2 aromatic rings. The van der Waals surface area contributed by atoms with Crippen molar-refractivity contribution in [3.8, 4) is 17.4 Å². The van der Waals surface area contributed by atoms with Gasteiger partial charge in [0.05, 0.1) is 6.61 Å². The van der Waals surface area contributed by atoms with Crippen LogP contribution in [0.4, 0.5) is 0 Å². The van der Waals surface area contributed by atoms with E-state index < -0.39 is 0 Å². The summed E-state index contributed by atoms with van der Waals surface area (Å²) in [6, 6.07) is 11.5. The highest BCUT2D eigenvalue weighted by Crippen LogP contribution is 2.23. The lowest BCUT2D eigenvalue weighted by Gasteiger charge is -2.08. The largest absolute Gasteiger partial charge is 0.494 e. The highest BCUT2D eigenvalue weighted by Gasteiger charge is 2.01. The van der Waals surface area contributed by atoms with Gasteiger partial charge < -0.3 is 14.8 Å². The first kappa shape index (κ1) is 14.3. The predicted molar refractivity (Wildman–Crippen MR) is 79.3 cm³/mol. The Kier molecular flexibility index (Phi) is 5.38. The van der Waals surface area contributed by atoms with E-state index in [0.717, 1.165) is 36.6 Å². The van der Waals surface area contributed by atoms with Gasteiger partial charge in [0.1, 0.15) is 11.5 Å². The summed E-state index contributed by atoms with van der Waals surface area (Å²) in [6.07, 6.45) is 2.75. The van der Waals surface area contributed by atoms with Gasteiger partial charge in [-0.1, -0.05) is 6.92 Å². The Hall–Kier alpha value is -2.07. The summed E-state index contributed by atoms with van der Waals surface area (Å²) in [4.78, 5) is 4.21. The van der Waals surface area contributed by atoms with Crippen LogP contribution < -0.4 is 14.8 Å². The Bertz CT molecular complexity index is 526. The van der Waals surface area contributed by atoms with Crippen LogP contribution in [0.2, 0.25) is 0 Å². The molecule has 2 rings (SSSR count). The topological polar surface area (TPSA) is 43.4 Å². The molecule has 0 spiro atoms. The van der Waals surface area contributed by atoms with Gasteiger partial charge in [0.15, 0.2) is 0 Å². The minimum atomic E-state index is 0.597. The van der Waals surface area contributed by atoms with Gasteiger partial charge >= 0.3 is 0 Å². The lowest BCUT2D eigenvalue weighted by Crippen LogP contribution is -2.05. The van der Waals surface area contributed by atoms with Gasteiger partial charge in [0.25, 0.3) is 0 Å². The van der Waals surface area contributed by atoms with E-state index in [-0.39, 0.29) is 0 Å². The molecule has 0 amide bonds. The van der Waals surface area contributed by atoms with E-state index in [1.54, 1.807) is 6.20 Å². The summed E-state index contributed by atoms with van der Waals surface area (Å²) in [5.41, 5.74) is 1.14. The summed E-state index contributed by atoms with van der Waals surface area (Å²) in [5.74, 6) is 2.21. The number of pyridine rings is 1. The van der Waals surface area contributed by atoms with Gasteiger partial charge in [-0.15, -0.1) is 0 Å². The highest BCUT2D eigenvalue weighted by molar-refractivity contribution is 5.34. The Morgan fingerprint density at radius 2 is 1.85 bits per heavy atom. The van der Waals surface area contributed by atoms with Crippen molar-refractivity contribution in [2.75, 3.05) is 13.7 Å². The summed E-state index contributed by atoms with van der Waals surface area (Å²) >= 11 is 0. The van der Waals surface area contributed by atoms with Crippen LogP contribution in [0.3, 0.4) is 0 Å². The van der Waals surface area contributed by atoms with E-state index in [1.165, 1.54) is 0 Å². The van der Waals surface area contributed by atoms with Crippen molar-refractivity contribution in [1.29, 1.82) is 0 Å². The van der Waals surface area contributed by atoms with Crippen LogP contribution in [-0.2, 0) is 6.54 Å². The van der Waals surface area contributed by atoms with Gasteiger partial charge in [-0.05, 0) is 49.4 Å². The first-order valence-electron chi connectivity index (χ1n) is 6.82. The molecule has 0 aliphatic carbocycles. The summed E-state index contributed by atoms with van der Waals surface area (Å²) in [5, 5.41) is 3.10. The van der Waals surface area contributed by atoms with Crippen molar-refractivity contribution < 1.29 is 9.47 Å². The van der Waals surface area contributed by atoms with E-state index in [1.807, 2.05) is 43.4 Å². The molecule has 20 heavy (non-hydrogen) atoms. The number of hydrogen-bond donors (Lipinski definition) is 1. The predicted octanol–water partition coefficient (Wildman–Crippen LogP) is 3.38. The summed E-state index contributed by atoms with van der Waals surface area (Å²) in [7, 11) is 1.91. The van der Waals surface area contributed by atoms with Crippen molar-refractivity contribution in [3.05, 3.63) is 48.2 Å². The van der Waals surface area contributed by atoms with Crippen LogP contribution in [0.15, 0.2) is 42.6 Å². The number of ether oxygens (including phenoxy) is 2. The zero-order chi connectivity index (χ0) is 14.2. The normalized spacial score (nSPS) is 10.3. The second-order valence-corrected chi connectivity index (χ2v) is 4.45. The Morgan fingerprint density at radius 3 is 2.55 bits per heavy atom. The molecule has 1 aromatic heterocycles. The molecule has 0 saturated carbocycles. The lowest BCUT2D eigenvalue weighted by atomic mass is 10.2. The molecule has 1 N–H and O–H groups in total. The Balaban J connectivity index is 2.00. The fourth-order valence-corrected chi connectivity index (χ4v) is 1.76. The smallest absolute Gasteiger partial charge is 0.219 e. The van der Waals surface area contributed by atoms with Crippen LogP contribution in [-0.4, -0.2) is 18.6 Å². The van der Waals surface area contributed by atoms with Crippen LogP contribution >= 0.6 is 0 Å². The molecule has 0 aliphatic heterocycles. The van der Waals surface area contributed by atoms with Crippen LogP contribution in [0.25, 0.3) is 0 Å². The summed E-state index contributed by atoms with van der Waals surface area (Å²) in [6.45, 7) is 3.61. The monoisotopic (exact) mass is 272 g/mol. The van der Waals surface area contributed by atoms with Crippen molar-refractivity contribution in [1.82, 2.24) is 10.3 Å². The zero-order valence-corrected chi connectivity index (χ0v) is 11.9. The van der Waals surface area contributed by atoms with Crippen LogP contribution in [0, 0.1) is 0 Å². The van der Waals surface area contributed by atoms with Crippen LogP contribution in [0.1, 0.15) is 18.9 Å². The molecule has 0 fully saturated rings. The van der Waals surface area contributed by atoms with Crippen LogP contribution in [0.5, 0.6) is 17.4 Å². The van der Waals surface area contributed by atoms with E-state index in [2.05, 4.69) is 17.2 Å². The Labute approximate surface area is 119 Å².